The van der Waals surface area contributed by atoms with E-state index in [1.807, 2.05) is 0 Å². The molecule has 0 bridgehead atoms. The van der Waals surface area contributed by atoms with Crippen LogP contribution in [0.2, 0.25) is 0 Å². The number of benzene rings is 1. The number of hydrogen-bond donors (Lipinski definition) is 3. The first-order chi connectivity index (χ1) is 10.7. The van der Waals surface area contributed by atoms with Crippen LogP contribution in [-0.4, -0.2) is 28.7 Å². The number of rotatable bonds is 3. The van der Waals surface area contributed by atoms with Crippen molar-refractivity contribution >= 4 is 16.7 Å². The van der Waals surface area contributed by atoms with E-state index in [-0.39, 0.29) is 23.2 Å². The molecular weight excluding hydrogens is 280 g/mol. The summed E-state index contributed by atoms with van der Waals surface area (Å²) in [4.78, 5) is 24.3. The molecule has 2 aromatic rings. The number of hydrogen-bond acceptors (Lipinski definition) is 4. The summed E-state index contributed by atoms with van der Waals surface area (Å²) < 4.78 is 0. The van der Waals surface area contributed by atoms with Crippen molar-refractivity contribution in [2.45, 2.75) is 31.7 Å². The Labute approximate surface area is 128 Å². The number of amides is 1. The molecule has 4 N–H and O–H groups in total. The first-order valence-electron chi connectivity index (χ1n) is 7.69. The number of aromatic nitrogens is 2. The third-order valence-corrected chi connectivity index (χ3v) is 4.44. The lowest BCUT2D eigenvalue weighted by Gasteiger charge is -2.31. The Hall–Kier alpha value is -2.21. The minimum Gasteiger partial charge on any atom is -0.348 e. The number of H-pyrrole nitrogens is 1. The molecule has 6 heteroatoms. The Bertz CT molecular complexity index is 740. The summed E-state index contributed by atoms with van der Waals surface area (Å²) in [7, 11) is 0. The Balaban J connectivity index is 1.89. The van der Waals surface area contributed by atoms with Gasteiger partial charge in [-0.15, -0.1) is 0 Å². The zero-order valence-electron chi connectivity index (χ0n) is 12.3. The van der Waals surface area contributed by atoms with Crippen molar-refractivity contribution in [3.63, 3.8) is 0 Å². The van der Waals surface area contributed by atoms with Crippen LogP contribution in [0.4, 0.5) is 0 Å². The Morgan fingerprint density at radius 1 is 1.27 bits per heavy atom. The molecule has 1 fully saturated rings. The third kappa shape index (κ3) is 2.74. The summed E-state index contributed by atoms with van der Waals surface area (Å²) in [6.07, 6.45) is 4.24. The van der Waals surface area contributed by atoms with Gasteiger partial charge in [-0.05, 0) is 31.4 Å². The highest BCUT2D eigenvalue weighted by Crippen LogP contribution is 2.24. The maximum absolute atomic E-state index is 12.6. The number of carbonyl (C=O) groups excluding carboxylic acids is 1. The van der Waals surface area contributed by atoms with E-state index >= 15 is 0 Å². The van der Waals surface area contributed by atoms with Crippen LogP contribution in [0.5, 0.6) is 0 Å². The van der Waals surface area contributed by atoms with Crippen LogP contribution in [-0.2, 0) is 0 Å². The van der Waals surface area contributed by atoms with Gasteiger partial charge in [0, 0.05) is 11.4 Å². The molecule has 22 heavy (non-hydrogen) atoms. The predicted molar refractivity (Wildman–Crippen MR) is 84.6 cm³/mol. The SMILES string of the molecule is NCC1CCCCC1NC(=O)c1n[nH]c(=O)c2ccccc12. The molecule has 6 nitrogen and oxygen atoms in total. The van der Waals surface area contributed by atoms with Crippen LogP contribution in [0.15, 0.2) is 29.1 Å². The van der Waals surface area contributed by atoms with Crippen LogP contribution in [0.1, 0.15) is 36.2 Å². The quantitative estimate of drug-likeness (QED) is 0.792. The second-order valence-corrected chi connectivity index (χ2v) is 5.81. The molecule has 1 aromatic heterocycles. The average molecular weight is 300 g/mol. The van der Waals surface area contributed by atoms with Gasteiger partial charge >= 0.3 is 0 Å². The van der Waals surface area contributed by atoms with Crippen molar-refractivity contribution in [2.24, 2.45) is 11.7 Å². The van der Waals surface area contributed by atoms with E-state index in [2.05, 4.69) is 15.5 Å². The molecule has 0 aliphatic heterocycles. The van der Waals surface area contributed by atoms with E-state index in [1.165, 1.54) is 0 Å². The second-order valence-electron chi connectivity index (χ2n) is 5.81. The molecule has 0 spiro atoms. The zero-order valence-corrected chi connectivity index (χ0v) is 12.3. The molecule has 3 rings (SSSR count). The summed E-state index contributed by atoms with van der Waals surface area (Å²) in [5, 5.41) is 10.4. The van der Waals surface area contributed by atoms with Crippen molar-refractivity contribution in [1.29, 1.82) is 0 Å². The third-order valence-electron chi connectivity index (χ3n) is 4.44. The lowest BCUT2D eigenvalue weighted by Crippen LogP contribution is -2.45. The molecule has 1 amide bonds. The van der Waals surface area contributed by atoms with Gasteiger partial charge in [0.1, 0.15) is 0 Å². The van der Waals surface area contributed by atoms with Crippen molar-refractivity contribution in [2.75, 3.05) is 6.54 Å². The predicted octanol–water partition coefficient (Wildman–Crippen LogP) is 1.17. The summed E-state index contributed by atoms with van der Waals surface area (Å²) >= 11 is 0. The van der Waals surface area contributed by atoms with Gasteiger partial charge in [0.2, 0.25) is 0 Å². The van der Waals surface area contributed by atoms with E-state index < -0.39 is 0 Å². The summed E-state index contributed by atoms with van der Waals surface area (Å²) in [6, 6.07) is 7.08. The minimum atomic E-state index is -0.287. The topological polar surface area (TPSA) is 101 Å². The summed E-state index contributed by atoms with van der Waals surface area (Å²) in [5.41, 5.74) is 5.78. The normalized spacial score (nSPS) is 21.7. The molecule has 1 saturated carbocycles. The van der Waals surface area contributed by atoms with Crippen molar-refractivity contribution < 1.29 is 4.79 Å². The van der Waals surface area contributed by atoms with Crippen molar-refractivity contribution in [1.82, 2.24) is 15.5 Å². The number of nitrogens with two attached hydrogens (primary N) is 1. The smallest absolute Gasteiger partial charge is 0.272 e. The van der Waals surface area contributed by atoms with Gasteiger partial charge in [-0.1, -0.05) is 31.0 Å². The highest BCUT2D eigenvalue weighted by Gasteiger charge is 2.26. The van der Waals surface area contributed by atoms with Gasteiger partial charge in [-0.3, -0.25) is 9.59 Å². The second kappa shape index (κ2) is 6.27. The van der Waals surface area contributed by atoms with Crippen LogP contribution < -0.4 is 16.6 Å². The number of nitrogens with zero attached hydrogens (tertiary/aromatic N) is 1. The van der Waals surface area contributed by atoms with Crippen LogP contribution in [0.25, 0.3) is 10.8 Å². The lowest BCUT2D eigenvalue weighted by molar-refractivity contribution is 0.0904. The molecule has 116 valence electrons. The molecule has 0 radical (unpaired) electrons. The van der Waals surface area contributed by atoms with Crippen LogP contribution >= 0.6 is 0 Å². The highest BCUT2D eigenvalue weighted by molar-refractivity contribution is 6.04. The van der Waals surface area contributed by atoms with E-state index in [0.29, 0.717) is 23.2 Å². The van der Waals surface area contributed by atoms with Crippen molar-refractivity contribution in [3.8, 4) is 0 Å². The minimum absolute atomic E-state index is 0.0822. The zero-order chi connectivity index (χ0) is 15.5. The fourth-order valence-corrected chi connectivity index (χ4v) is 3.20. The average Bonchev–Trinajstić information content (AvgIpc) is 2.56. The lowest BCUT2D eigenvalue weighted by atomic mass is 9.84. The monoisotopic (exact) mass is 300 g/mol. The van der Waals surface area contributed by atoms with Crippen LogP contribution in [0, 0.1) is 5.92 Å². The molecule has 2 atom stereocenters. The molecule has 1 heterocycles. The molecule has 1 aliphatic rings. The van der Waals surface area contributed by atoms with Gasteiger partial charge in [-0.2, -0.15) is 5.10 Å². The molecular formula is C16H20N4O2. The van der Waals surface area contributed by atoms with Gasteiger partial charge in [0.25, 0.3) is 11.5 Å². The Kier molecular flexibility index (Phi) is 4.20. The largest absolute Gasteiger partial charge is 0.348 e. The fourth-order valence-electron chi connectivity index (χ4n) is 3.20. The standard InChI is InChI=1S/C16H20N4O2/c17-9-10-5-1-4-8-13(10)18-16(22)14-11-6-2-3-7-12(11)15(21)20-19-14/h2-3,6-7,10,13H,1,4-5,8-9,17H2,(H,18,22)(H,20,21). The number of aromatic amines is 1. The first kappa shape index (κ1) is 14.7. The summed E-state index contributed by atoms with van der Waals surface area (Å²) in [6.45, 7) is 0.574. The van der Waals surface area contributed by atoms with Gasteiger partial charge < -0.3 is 11.1 Å². The first-order valence-corrected chi connectivity index (χ1v) is 7.69. The fraction of sp³-hybridized carbons (Fsp3) is 0.438. The van der Waals surface area contributed by atoms with Gasteiger partial charge in [0.15, 0.2) is 5.69 Å². The van der Waals surface area contributed by atoms with E-state index in [9.17, 15) is 9.59 Å². The molecule has 1 aromatic carbocycles. The molecule has 1 aliphatic carbocycles. The van der Waals surface area contributed by atoms with E-state index in [4.69, 9.17) is 5.73 Å². The number of carbonyl (C=O) groups is 1. The van der Waals surface area contributed by atoms with E-state index in [1.54, 1.807) is 24.3 Å². The van der Waals surface area contributed by atoms with Gasteiger partial charge in [0.05, 0.1) is 5.39 Å². The molecule has 0 saturated heterocycles. The number of nitrogens with one attached hydrogen (secondary N) is 2. The van der Waals surface area contributed by atoms with E-state index in [0.717, 1.165) is 25.7 Å². The molecule has 2 unspecified atom stereocenters. The maximum atomic E-state index is 12.6. The Morgan fingerprint density at radius 2 is 2.00 bits per heavy atom. The number of fused-ring (bicyclic) bond motifs is 1. The van der Waals surface area contributed by atoms with Crippen LogP contribution in [0.3, 0.4) is 0 Å². The maximum Gasteiger partial charge on any atom is 0.272 e. The van der Waals surface area contributed by atoms with Gasteiger partial charge in [-0.25, -0.2) is 5.10 Å². The Morgan fingerprint density at radius 3 is 2.77 bits per heavy atom. The highest BCUT2D eigenvalue weighted by atomic mass is 16.2. The summed E-state index contributed by atoms with van der Waals surface area (Å²) in [5.74, 6) is 0.0597. The van der Waals surface area contributed by atoms with Crippen molar-refractivity contribution in [3.05, 3.63) is 40.3 Å².